The molecule has 0 amide bonds. The SMILES string of the molecule is COc1ccc(C(NCC(F)F)c2ccccc2)cc1. The summed E-state index contributed by atoms with van der Waals surface area (Å²) in [6, 6.07) is 16.7. The first kappa shape index (κ1) is 14.5. The van der Waals surface area contributed by atoms with Crippen LogP contribution in [0.5, 0.6) is 5.75 Å². The van der Waals surface area contributed by atoms with E-state index in [1.165, 1.54) is 0 Å². The van der Waals surface area contributed by atoms with Crippen LogP contribution in [-0.4, -0.2) is 20.1 Å². The van der Waals surface area contributed by atoms with Crippen molar-refractivity contribution in [1.82, 2.24) is 5.32 Å². The van der Waals surface area contributed by atoms with E-state index in [2.05, 4.69) is 5.32 Å². The number of benzene rings is 2. The summed E-state index contributed by atoms with van der Waals surface area (Å²) in [7, 11) is 1.60. The highest BCUT2D eigenvalue weighted by Gasteiger charge is 2.15. The summed E-state index contributed by atoms with van der Waals surface area (Å²) >= 11 is 0. The van der Waals surface area contributed by atoms with Gasteiger partial charge in [0.25, 0.3) is 6.43 Å². The van der Waals surface area contributed by atoms with Gasteiger partial charge in [0.05, 0.1) is 19.7 Å². The van der Waals surface area contributed by atoms with Crippen molar-refractivity contribution in [1.29, 1.82) is 0 Å². The molecule has 0 aliphatic rings. The molecule has 1 atom stereocenters. The van der Waals surface area contributed by atoms with Crippen LogP contribution in [0.3, 0.4) is 0 Å². The van der Waals surface area contributed by atoms with Crippen molar-refractivity contribution in [2.24, 2.45) is 0 Å². The van der Waals surface area contributed by atoms with Gasteiger partial charge in [-0.2, -0.15) is 0 Å². The van der Waals surface area contributed by atoms with Gasteiger partial charge >= 0.3 is 0 Å². The minimum absolute atomic E-state index is 0.254. The first-order valence-corrected chi connectivity index (χ1v) is 6.41. The Morgan fingerprint density at radius 1 is 0.950 bits per heavy atom. The maximum absolute atomic E-state index is 12.5. The molecule has 0 aliphatic heterocycles. The maximum atomic E-state index is 12.5. The average Bonchev–Trinajstić information content (AvgIpc) is 2.49. The van der Waals surface area contributed by atoms with Crippen LogP contribution in [0.4, 0.5) is 8.78 Å². The Balaban J connectivity index is 2.25. The van der Waals surface area contributed by atoms with Crippen LogP contribution in [0.2, 0.25) is 0 Å². The van der Waals surface area contributed by atoms with E-state index in [-0.39, 0.29) is 12.6 Å². The summed E-state index contributed by atoms with van der Waals surface area (Å²) in [4.78, 5) is 0. The lowest BCUT2D eigenvalue weighted by molar-refractivity contribution is 0.143. The Bertz CT molecular complexity index is 514. The molecule has 2 aromatic rings. The first-order chi connectivity index (χ1) is 9.70. The number of rotatable bonds is 6. The lowest BCUT2D eigenvalue weighted by atomic mass is 9.98. The number of alkyl halides is 2. The Hall–Kier alpha value is -1.94. The molecule has 1 unspecified atom stereocenters. The van der Waals surface area contributed by atoms with E-state index in [0.29, 0.717) is 0 Å². The molecule has 0 spiro atoms. The molecule has 0 saturated carbocycles. The predicted molar refractivity (Wildman–Crippen MR) is 75.3 cm³/mol. The molecule has 0 bridgehead atoms. The third kappa shape index (κ3) is 3.78. The molecule has 4 heteroatoms. The molecule has 2 nitrogen and oxygen atoms in total. The van der Waals surface area contributed by atoms with Crippen LogP contribution in [0.1, 0.15) is 17.2 Å². The van der Waals surface area contributed by atoms with Crippen LogP contribution in [-0.2, 0) is 0 Å². The quantitative estimate of drug-likeness (QED) is 0.870. The van der Waals surface area contributed by atoms with Crippen molar-refractivity contribution < 1.29 is 13.5 Å². The fourth-order valence-electron chi connectivity index (χ4n) is 2.08. The van der Waals surface area contributed by atoms with Crippen LogP contribution >= 0.6 is 0 Å². The summed E-state index contributed by atoms with van der Waals surface area (Å²) in [5.41, 5.74) is 1.89. The van der Waals surface area contributed by atoms with Gasteiger partial charge in [0.15, 0.2) is 0 Å². The predicted octanol–water partition coefficient (Wildman–Crippen LogP) is 3.64. The summed E-state index contributed by atoms with van der Waals surface area (Å²) in [5, 5.41) is 2.90. The molecule has 0 radical (unpaired) electrons. The van der Waals surface area contributed by atoms with Gasteiger partial charge in [-0.15, -0.1) is 0 Å². The van der Waals surface area contributed by atoms with Gasteiger partial charge in [-0.25, -0.2) is 8.78 Å². The van der Waals surface area contributed by atoms with Crippen molar-refractivity contribution >= 4 is 0 Å². The van der Waals surface area contributed by atoms with Crippen molar-refractivity contribution in [2.45, 2.75) is 12.5 Å². The number of nitrogens with one attached hydrogen (secondary N) is 1. The summed E-state index contributed by atoms with van der Waals surface area (Å²) < 4.78 is 30.0. The minimum Gasteiger partial charge on any atom is -0.497 e. The summed E-state index contributed by atoms with van der Waals surface area (Å²) in [5.74, 6) is 0.745. The highest BCUT2D eigenvalue weighted by atomic mass is 19.3. The molecule has 0 aliphatic carbocycles. The van der Waals surface area contributed by atoms with E-state index in [1.54, 1.807) is 7.11 Å². The number of halogens is 2. The van der Waals surface area contributed by atoms with E-state index >= 15 is 0 Å². The molecule has 0 fully saturated rings. The van der Waals surface area contributed by atoms with Crippen LogP contribution in [0, 0.1) is 0 Å². The fourth-order valence-corrected chi connectivity index (χ4v) is 2.08. The Labute approximate surface area is 117 Å². The van der Waals surface area contributed by atoms with Gasteiger partial charge in [-0.3, -0.25) is 0 Å². The molecule has 2 rings (SSSR count). The number of methoxy groups -OCH3 is 1. The highest BCUT2D eigenvalue weighted by Crippen LogP contribution is 2.24. The third-order valence-electron chi connectivity index (χ3n) is 3.06. The molecular weight excluding hydrogens is 260 g/mol. The molecule has 2 aromatic carbocycles. The monoisotopic (exact) mass is 277 g/mol. The zero-order valence-electron chi connectivity index (χ0n) is 11.2. The zero-order chi connectivity index (χ0) is 14.4. The van der Waals surface area contributed by atoms with Crippen molar-refractivity contribution in [3.8, 4) is 5.75 Å². The van der Waals surface area contributed by atoms with Crippen LogP contribution in [0.15, 0.2) is 54.6 Å². The molecular formula is C16H17F2NO. The minimum atomic E-state index is -2.38. The fraction of sp³-hybridized carbons (Fsp3) is 0.250. The normalized spacial score (nSPS) is 12.4. The first-order valence-electron chi connectivity index (χ1n) is 6.41. The maximum Gasteiger partial charge on any atom is 0.250 e. The Morgan fingerprint density at radius 3 is 2.10 bits per heavy atom. The van der Waals surface area contributed by atoms with E-state index < -0.39 is 6.43 Å². The second-order valence-electron chi connectivity index (χ2n) is 4.42. The van der Waals surface area contributed by atoms with E-state index in [9.17, 15) is 8.78 Å². The largest absolute Gasteiger partial charge is 0.497 e. The van der Waals surface area contributed by atoms with Gasteiger partial charge in [0.2, 0.25) is 0 Å². The molecule has 0 saturated heterocycles. The second-order valence-corrected chi connectivity index (χ2v) is 4.42. The van der Waals surface area contributed by atoms with Gasteiger partial charge in [0, 0.05) is 0 Å². The standard InChI is InChI=1S/C16H17F2NO/c1-20-14-9-7-13(8-10-14)16(19-11-15(17)18)12-5-3-2-4-6-12/h2-10,15-16,19H,11H2,1H3. The van der Waals surface area contributed by atoms with Gasteiger partial charge in [-0.1, -0.05) is 42.5 Å². The van der Waals surface area contributed by atoms with E-state index in [0.717, 1.165) is 16.9 Å². The smallest absolute Gasteiger partial charge is 0.250 e. The third-order valence-corrected chi connectivity index (χ3v) is 3.06. The lowest BCUT2D eigenvalue weighted by Gasteiger charge is -2.20. The summed E-state index contributed by atoms with van der Waals surface area (Å²) in [6.45, 7) is -0.342. The Kier molecular flexibility index (Phi) is 5.07. The molecule has 106 valence electrons. The topological polar surface area (TPSA) is 21.3 Å². The van der Waals surface area contributed by atoms with Gasteiger partial charge in [-0.05, 0) is 23.3 Å². The van der Waals surface area contributed by atoms with Crippen molar-refractivity contribution in [3.63, 3.8) is 0 Å². The second kappa shape index (κ2) is 7.01. The Morgan fingerprint density at radius 2 is 1.55 bits per heavy atom. The van der Waals surface area contributed by atoms with Gasteiger partial charge < -0.3 is 10.1 Å². The van der Waals surface area contributed by atoms with Gasteiger partial charge in [0.1, 0.15) is 5.75 Å². The van der Waals surface area contributed by atoms with Crippen molar-refractivity contribution in [3.05, 3.63) is 65.7 Å². The van der Waals surface area contributed by atoms with Crippen LogP contribution < -0.4 is 10.1 Å². The number of hydrogen-bond donors (Lipinski definition) is 1. The zero-order valence-corrected chi connectivity index (χ0v) is 11.2. The lowest BCUT2D eigenvalue weighted by Crippen LogP contribution is -2.27. The highest BCUT2D eigenvalue weighted by molar-refractivity contribution is 5.35. The number of hydrogen-bond acceptors (Lipinski definition) is 2. The van der Waals surface area contributed by atoms with E-state index in [1.807, 2.05) is 54.6 Å². The average molecular weight is 277 g/mol. The molecule has 0 heterocycles. The summed E-state index contributed by atoms with van der Waals surface area (Å²) in [6.07, 6.45) is -2.38. The van der Waals surface area contributed by atoms with E-state index in [4.69, 9.17) is 4.74 Å². The van der Waals surface area contributed by atoms with Crippen LogP contribution in [0.25, 0.3) is 0 Å². The molecule has 1 N–H and O–H groups in total. The molecule has 20 heavy (non-hydrogen) atoms. The molecule has 0 aromatic heterocycles. The number of ether oxygens (including phenoxy) is 1. The van der Waals surface area contributed by atoms with Crippen molar-refractivity contribution in [2.75, 3.05) is 13.7 Å².